The molecule has 188 valence electrons. The number of hydrogen-bond acceptors (Lipinski definition) is 4. The molecule has 0 aliphatic carbocycles. The SMILES string of the molecule is CCOc1ccc(NC(=O)N2CCN(C(=O)[C@@H](Cc3cccc4ccccc34)NC(C)=O)CC2)cc1. The van der Waals surface area contributed by atoms with Crippen LogP contribution in [0.3, 0.4) is 0 Å². The van der Waals surface area contributed by atoms with Gasteiger partial charge in [0.1, 0.15) is 11.8 Å². The third-order valence-corrected chi connectivity index (χ3v) is 6.27. The predicted octanol–water partition coefficient (Wildman–Crippen LogP) is 3.66. The highest BCUT2D eigenvalue weighted by atomic mass is 16.5. The van der Waals surface area contributed by atoms with Crippen LogP contribution in [0, 0.1) is 0 Å². The van der Waals surface area contributed by atoms with Gasteiger partial charge in [0.25, 0.3) is 0 Å². The molecule has 8 heteroatoms. The lowest BCUT2D eigenvalue weighted by atomic mass is 9.98. The second kappa shape index (κ2) is 11.6. The zero-order chi connectivity index (χ0) is 25.5. The van der Waals surface area contributed by atoms with Crippen molar-refractivity contribution in [3.63, 3.8) is 0 Å². The zero-order valence-electron chi connectivity index (χ0n) is 20.7. The number of piperazine rings is 1. The molecule has 1 heterocycles. The van der Waals surface area contributed by atoms with E-state index in [-0.39, 0.29) is 17.8 Å². The molecule has 4 amide bonds. The number of carbonyl (C=O) groups excluding carboxylic acids is 3. The number of rotatable bonds is 7. The fourth-order valence-electron chi connectivity index (χ4n) is 4.49. The molecule has 8 nitrogen and oxygen atoms in total. The Bertz CT molecular complexity index is 1210. The molecule has 2 N–H and O–H groups in total. The number of fused-ring (bicyclic) bond motifs is 1. The van der Waals surface area contributed by atoms with Gasteiger partial charge >= 0.3 is 6.03 Å². The van der Waals surface area contributed by atoms with Crippen LogP contribution in [0.25, 0.3) is 10.8 Å². The van der Waals surface area contributed by atoms with E-state index < -0.39 is 6.04 Å². The first-order valence-corrected chi connectivity index (χ1v) is 12.3. The molecule has 0 radical (unpaired) electrons. The van der Waals surface area contributed by atoms with Crippen molar-refractivity contribution in [1.29, 1.82) is 0 Å². The highest BCUT2D eigenvalue weighted by molar-refractivity contribution is 5.91. The fraction of sp³-hybridized carbons (Fsp3) is 0.321. The Morgan fingerprint density at radius 3 is 2.25 bits per heavy atom. The van der Waals surface area contributed by atoms with Crippen LogP contribution < -0.4 is 15.4 Å². The van der Waals surface area contributed by atoms with Crippen LogP contribution in [-0.2, 0) is 16.0 Å². The van der Waals surface area contributed by atoms with Crippen molar-refractivity contribution < 1.29 is 19.1 Å². The van der Waals surface area contributed by atoms with Gasteiger partial charge in [-0.2, -0.15) is 0 Å². The number of hydrogen-bond donors (Lipinski definition) is 2. The average molecular weight is 489 g/mol. The molecule has 36 heavy (non-hydrogen) atoms. The van der Waals surface area contributed by atoms with Crippen LogP contribution in [0.15, 0.2) is 66.7 Å². The minimum atomic E-state index is -0.669. The van der Waals surface area contributed by atoms with Gasteiger partial charge < -0.3 is 25.2 Å². The van der Waals surface area contributed by atoms with Gasteiger partial charge in [0.05, 0.1) is 6.61 Å². The van der Waals surface area contributed by atoms with Crippen molar-refractivity contribution in [3.8, 4) is 5.75 Å². The molecule has 0 saturated carbocycles. The number of carbonyl (C=O) groups is 3. The van der Waals surface area contributed by atoms with E-state index >= 15 is 0 Å². The molecule has 0 aromatic heterocycles. The number of nitrogens with zero attached hydrogens (tertiary/aromatic N) is 2. The highest BCUT2D eigenvalue weighted by Crippen LogP contribution is 2.21. The van der Waals surface area contributed by atoms with Crippen molar-refractivity contribution in [2.24, 2.45) is 0 Å². The van der Waals surface area contributed by atoms with Gasteiger partial charge in [0.2, 0.25) is 11.8 Å². The van der Waals surface area contributed by atoms with Crippen molar-refractivity contribution in [1.82, 2.24) is 15.1 Å². The molecule has 0 unspecified atom stereocenters. The fourth-order valence-corrected chi connectivity index (χ4v) is 4.49. The zero-order valence-corrected chi connectivity index (χ0v) is 20.7. The van der Waals surface area contributed by atoms with Crippen LogP contribution in [0.2, 0.25) is 0 Å². The van der Waals surface area contributed by atoms with E-state index in [0.29, 0.717) is 44.9 Å². The molecule has 3 aromatic carbocycles. The first kappa shape index (κ1) is 25.0. The molecule has 1 aliphatic heterocycles. The summed E-state index contributed by atoms with van der Waals surface area (Å²) in [7, 11) is 0. The second-order valence-corrected chi connectivity index (χ2v) is 8.80. The van der Waals surface area contributed by atoms with Crippen LogP contribution in [0.5, 0.6) is 5.75 Å². The molecule has 1 atom stereocenters. The maximum Gasteiger partial charge on any atom is 0.321 e. The predicted molar refractivity (Wildman–Crippen MR) is 140 cm³/mol. The Labute approximate surface area is 211 Å². The summed E-state index contributed by atoms with van der Waals surface area (Å²) in [6, 6.07) is 20.4. The number of urea groups is 1. The first-order valence-electron chi connectivity index (χ1n) is 12.3. The van der Waals surface area contributed by atoms with E-state index in [4.69, 9.17) is 4.74 Å². The smallest absolute Gasteiger partial charge is 0.321 e. The van der Waals surface area contributed by atoms with Gasteiger partial charge in [-0.25, -0.2) is 4.79 Å². The standard InChI is InChI=1S/C28H32N4O4/c1-3-36-24-13-11-23(12-14-24)30-28(35)32-17-15-31(16-18-32)27(34)26(29-20(2)33)19-22-9-6-8-21-7-4-5-10-25(21)22/h4-14,26H,3,15-19H2,1-2H3,(H,29,33)(H,30,35)/t26-/m1/s1. The molecule has 1 aliphatic rings. The van der Waals surface area contributed by atoms with Crippen LogP contribution in [0.4, 0.5) is 10.5 Å². The van der Waals surface area contributed by atoms with Crippen molar-refractivity contribution in [2.75, 3.05) is 38.1 Å². The first-order chi connectivity index (χ1) is 17.4. The third-order valence-electron chi connectivity index (χ3n) is 6.27. The van der Waals surface area contributed by atoms with Crippen LogP contribution in [0.1, 0.15) is 19.4 Å². The maximum atomic E-state index is 13.4. The molecule has 3 aromatic rings. The minimum Gasteiger partial charge on any atom is -0.494 e. The van der Waals surface area contributed by atoms with Gasteiger partial charge in [-0.05, 0) is 47.5 Å². The summed E-state index contributed by atoms with van der Waals surface area (Å²) >= 11 is 0. The molecule has 4 rings (SSSR count). The van der Waals surface area contributed by atoms with Crippen molar-refractivity contribution in [2.45, 2.75) is 26.3 Å². The normalized spacial score (nSPS) is 14.3. The van der Waals surface area contributed by atoms with E-state index in [1.54, 1.807) is 21.9 Å². The van der Waals surface area contributed by atoms with Gasteiger partial charge in [0.15, 0.2) is 0 Å². The van der Waals surface area contributed by atoms with Gasteiger partial charge in [-0.3, -0.25) is 9.59 Å². The van der Waals surface area contributed by atoms with Crippen molar-refractivity contribution >= 4 is 34.3 Å². The Hall–Kier alpha value is -4.07. The van der Waals surface area contributed by atoms with E-state index in [9.17, 15) is 14.4 Å². The van der Waals surface area contributed by atoms with Crippen LogP contribution in [-0.4, -0.2) is 66.5 Å². The average Bonchev–Trinajstić information content (AvgIpc) is 2.89. The molecule has 1 saturated heterocycles. The molecule has 0 spiro atoms. The topological polar surface area (TPSA) is 91.0 Å². The Balaban J connectivity index is 1.37. The largest absolute Gasteiger partial charge is 0.494 e. The molecule has 0 bridgehead atoms. The molecular formula is C28H32N4O4. The lowest BCUT2D eigenvalue weighted by molar-refractivity contribution is -0.137. The Morgan fingerprint density at radius 2 is 1.56 bits per heavy atom. The second-order valence-electron chi connectivity index (χ2n) is 8.80. The van der Waals surface area contributed by atoms with Crippen molar-refractivity contribution in [3.05, 3.63) is 72.3 Å². The maximum absolute atomic E-state index is 13.4. The Morgan fingerprint density at radius 1 is 0.889 bits per heavy atom. The summed E-state index contributed by atoms with van der Waals surface area (Å²) in [6.45, 7) is 5.56. The van der Waals surface area contributed by atoms with E-state index in [1.807, 2.05) is 61.5 Å². The lowest BCUT2D eigenvalue weighted by Crippen LogP contribution is -2.56. The third kappa shape index (κ3) is 6.13. The number of anilines is 1. The number of amides is 4. The summed E-state index contributed by atoms with van der Waals surface area (Å²) in [5.41, 5.74) is 1.69. The van der Waals surface area contributed by atoms with Crippen LogP contribution >= 0.6 is 0 Å². The van der Waals surface area contributed by atoms with E-state index in [2.05, 4.69) is 10.6 Å². The van der Waals surface area contributed by atoms with Gasteiger partial charge in [0, 0.05) is 45.2 Å². The summed E-state index contributed by atoms with van der Waals surface area (Å²) in [6.07, 6.45) is 0.401. The summed E-state index contributed by atoms with van der Waals surface area (Å²) in [5.74, 6) is 0.367. The lowest BCUT2D eigenvalue weighted by Gasteiger charge is -2.36. The summed E-state index contributed by atoms with van der Waals surface area (Å²) < 4.78 is 5.43. The Kier molecular flexibility index (Phi) is 8.05. The number of ether oxygens (including phenoxy) is 1. The van der Waals surface area contributed by atoms with E-state index in [0.717, 1.165) is 22.1 Å². The molecule has 1 fully saturated rings. The van der Waals surface area contributed by atoms with E-state index in [1.165, 1.54) is 6.92 Å². The quantitative estimate of drug-likeness (QED) is 0.531. The summed E-state index contributed by atoms with van der Waals surface area (Å²) in [5, 5.41) is 7.89. The number of nitrogens with one attached hydrogen (secondary N) is 2. The summed E-state index contributed by atoms with van der Waals surface area (Å²) in [4.78, 5) is 41.5. The molecular weight excluding hydrogens is 456 g/mol. The van der Waals surface area contributed by atoms with Gasteiger partial charge in [-0.15, -0.1) is 0 Å². The minimum absolute atomic E-state index is 0.135. The number of benzene rings is 3. The van der Waals surface area contributed by atoms with Gasteiger partial charge in [-0.1, -0.05) is 42.5 Å². The monoisotopic (exact) mass is 488 g/mol. The highest BCUT2D eigenvalue weighted by Gasteiger charge is 2.30.